The van der Waals surface area contributed by atoms with E-state index in [1.807, 2.05) is 4.90 Å². The van der Waals surface area contributed by atoms with E-state index in [1.54, 1.807) is 0 Å². The number of carbonyl (C=O) groups is 2. The smallest absolute Gasteiger partial charge is 0.306 e. The minimum Gasteiger partial charge on any atom is -0.481 e. The van der Waals surface area contributed by atoms with Crippen molar-refractivity contribution in [2.75, 3.05) is 6.54 Å². The van der Waals surface area contributed by atoms with Crippen LogP contribution in [-0.2, 0) is 9.59 Å². The third kappa shape index (κ3) is 4.22. The molecule has 4 nitrogen and oxygen atoms in total. The molecule has 1 aliphatic rings. The van der Waals surface area contributed by atoms with Crippen LogP contribution < -0.4 is 0 Å². The lowest BCUT2D eigenvalue weighted by molar-refractivity contribution is -0.142. The van der Waals surface area contributed by atoms with E-state index in [1.165, 1.54) is 0 Å². The molecule has 1 rings (SSSR count). The molecule has 19 heavy (non-hydrogen) atoms. The van der Waals surface area contributed by atoms with Crippen molar-refractivity contribution in [1.29, 1.82) is 0 Å². The van der Waals surface area contributed by atoms with Crippen molar-refractivity contribution in [3.63, 3.8) is 0 Å². The minimum atomic E-state index is -0.751. The van der Waals surface area contributed by atoms with Crippen LogP contribution in [0.5, 0.6) is 0 Å². The van der Waals surface area contributed by atoms with Gasteiger partial charge in [-0.25, -0.2) is 0 Å². The number of carboxylic acids is 1. The highest BCUT2D eigenvalue weighted by atomic mass is 16.4. The van der Waals surface area contributed by atoms with E-state index in [2.05, 4.69) is 20.8 Å². The maximum Gasteiger partial charge on any atom is 0.306 e. The van der Waals surface area contributed by atoms with Gasteiger partial charge in [-0.1, -0.05) is 20.3 Å². The van der Waals surface area contributed by atoms with Gasteiger partial charge in [-0.05, 0) is 39.0 Å². The van der Waals surface area contributed by atoms with E-state index in [9.17, 15) is 9.59 Å². The second kappa shape index (κ2) is 7.51. The average Bonchev–Trinajstić information content (AvgIpc) is 2.88. The summed E-state index contributed by atoms with van der Waals surface area (Å²) in [6.07, 6.45) is 4.94. The summed E-state index contributed by atoms with van der Waals surface area (Å²) in [5, 5.41) is 9.02. The molecular weight excluding hydrogens is 242 g/mol. The van der Waals surface area contributed by atoms with E-state index >= 15 is 0 Å². The van der Waals surface area contributed by atoms with Crippen molar-refractivity contribution in [1.82, 2.24) is 4.90 Å². The van der Waals surface area contributed by atoms with Crippen molar-refractivity contribution in [3.8, 4) is 0 Å². The number of amides is 1. The molecule has 1 saturated carbocycles. The zero-order valence-electron chi connectivity index (χ0n) is 12.4. The fourth-order valence-corrected chi connectivity index (χ4v) is 2.76. The summed E-state index contributed by atoms with van der Waals surface area (Å²) < 4.78 is 0. The molecular formula is C15H27NO3. The maximum atomic E-state index is 12.6. The Balaban J connectivity index is 2.63. The van der Waals surface area contributed by atoms with Crippen molar-refractivity contribution >= 4 is 11.9 Å². The molecule has 0 spiro atoms. The summed E-state index contributed by atoms with van der Waals surface area (Å²) in [5.74, 6) is -0.976. The fourth-order valence-electron chi connectivity index (χ4n) is 2.76. The van der Waals surface area contributed by atoms with E-state index in [0.29, 0.717) is 12.8 Å². The Morgan fingerprint density at radius 2 is 1.89 bits per heavy atom. The molecule has 0 aromatic heterocycles. The topological polar surface area (TPSA) is 57.6 Å². The minimum absolute atomic E-state index is 0.0769. The van der Waals surface area contributed by atoms with Crippen LogP contribution in [-0.4, -0.2) is 34.5 Å². The Morgan fingerprint density at radius 3 is 2.37 bits per heavy atom. The highest BCUT2D eigenvalue weighted by Crippen LogP contribution is 2.33. The van der Waals surface area contributed by atoms with E-state index in [-0.39, 0.29) is 23.8 Å². The molecule has 4 heteroatoms. The first-order valence-electron chi connectivity index (χ1n) is 7.54. The molecule has 0 radical (unpaired) electrons. The van der Waals surface area contributed by atoms with Gasteiger partial charge in [-0.15, -0.1) is 0 Å². The van der Waals surface area contributed by atoms with Crippen molar-refractivity contribution in [3.05, 3.63) is 0 Å². The molecule has 3 atom stereocenters. The molecule has 1 unspecified atom stereocenters. The molecule has 1 aliphatic carbocycles. The standard InChI is InChI=1S/C15H27NO3/c1-4-6-9-16(11(3)5-2)14(17)12-7-8-13(10-12)15(18)19/h11-13H,4-10H2,1-3H3,(H,18,19)/t11?,12-,13+/m1/s1. The monoisotopic (exact) mass is 269 g/mol. The van der Waals surface area contributed by atoms with Crippen LogP contribution in [0.3, 0.4) is 0 Å². The number of nitrogens with zero attached hydrogens (tertiary/aromatic N) is 1. The predicted octanol–water partition coefficient (Wildman–Crippen LogP) is 2.91. The Hall–Kier alpha value is -1.06. The third-order valence-corrected chi connectivity index (χ3v) is 4.29. The molecule has 0 aromatic carbocycles. The summed E-state index contributed by atoms with van der Waals surface area (Å²) in [6.45, 7) is 7.09. The molecule has 0 aliphatic heterocycles. The van der Waals surface area contributed by atoms with Gasteiger partial charge in [0.2, 0.25) is 5.91 Å². The summed E-state index contributed by atoms with van der Waals surface area (Å²) >= 11 is 0. The second-order valence-electron chi connectivity index (χ2n) is 5.69. The summed E-state index contributed by atoms with van der Waals surface area (Å²) in [5.41, 5.74) is 0. The van der Waals surface area contributed by atoms with Gasteiger partial charge in [0.25, 0.3) is 0 Å². The van der Waals surface area contributed by atoms with Crippen molar-refractivity contribution in [2.45, 2.75) is 65.3 Å². The Morgan fingerprint density at radius 1 is 1.26 bits per heavy atom. The maximum absolute atomic E-state index is 12.6. The van der Waals surface area contributed by atoms with Gasteiger partial charge < -0.3 is 10.0 Å². The Bertz CT molecular complexity index is 317. The van der Waals surface area contributed by atoms with Gasteiger partial charge in [0.05, 0.1) is 5.92 Å². The van der Waals surface area contributed by atoms with Crippen LogP contribution in [0.15, 0.2) is 0 Å². The number of hydrogen-bond acceptors (Lipinski definition) is 2. The Labute approximate surface area is 116 Å². The number of rotatable bonds is 7. The molecule has 1 amide bonds. The normalized spacial score (nSPS) is 24.2. The fraction of sp³-hybridized carbons (Fsp3) is 0.867. The van der Waals surface area contributed by atoms with Gasteiger partial charge in [0.1, 0.15) is 0 Å². The molecule has 0 heterocycles. The zero-order valence-corrected chi connectivity index (χ0v) is 12.4. The largest absolute Gasteiger partial charge is 0.481 e. The van der Waals surface area contributed by atoms with Crippen LogP contribution in [0.4, 0.5) is 0 Å². The van der Waals surface area contributed by atoms with Crippen molar-refractivity contribution in [2.24, 2.45) is 11.8 Å². The third-order valence-electron chi connectivity index (χ3n) is 4.29. The summed E-state index contributed by atoms with van der Waals surface area (Å²) in [4.78, 5) is 25.5. The molecule has 1 N–H and O–H groups in total. The van der Waals surface area contributed by atoms with E-state index < -0.39 is 5.97 Å². The van der Waals surface area contributed by atoms with Gasteiger partial charge in [-0.3, -0.25) is 9.59 Å². The number of carboxylic acid groups (broad SMARTS) is 1. The van der Waals surface area contributed by atoms with Gasteiger partial charge >= 0.3 is 5.97 Å². The highest BCUT2D eigenvalue weighted by Gasteiger charge is 2.36. The summed E-state index contributed by atoms with van der Waals surface area (Å²) in [7, 11) is 0. The van der Waals surface area contributed by atoms with Gasteiger partial charge in [-0.2, -0.15) is 0 Å². The van der Waals surface area contributed by atoms with Crippen LogP contribution in [0, 0.1) is 11.8 Å². The van der Waals surface area contributed by atoms with Crippen LogP contribution in [0.25, 0.3) is 0 Å². The number of unbranched alkanes of at least 4 members (excludes halogenated alkanes) is 1. The lowest BCUT2D eigenvalue weighted by Gasteiger charge is -2.31. The number of aliphatic carboxylic acids is 1. The quantitative estimate of drug-likeness (QED) is 0.773. The Kier molecular flexibility index (Phi) is 6.32. The van der Waals surface area contributed by atoms with E-state index in [0.717, 1.165) is 32.2 Å². The molecule has 0 bridgehead atoms. The lowest BCUT2D eigenvalue weighted by atomic mass is 10.0. The van der Waals surface area contributed by atoms with Gasteiger partial charge in [0, 0.05) is 18.5 Å². The SMILES string of the molecule is CCCCN(C(=O)[C@@H]1CC[C@H](C(=O)O)C1)C(C)CC. The molecule has 110 valence electrons. The predicted molar refractivity (Wildman–Crippen MR) is 74.8 cm³/mol. The van der Waals surface area contributed by atoms with E-state index in [4.69, 9.17) is 5.11 Å². The van der Waals surface area contributed by atoms with Crippen LogP contribution in [0.1, 0.15) is 59.3 Å². The first-order valence-corrected chi connectivity index (χ1v) is 7.54. The lowest BCUT2D eigenvalue weighted by Crippen LogP contribution is -2.42. The highest BCUT2D eigenvalue weighted by molar-refractivity contribution is 5.81. The molecule has 1 fully saturated rings. The first kappa shape index (κ1) is 16.0. The van der Waals surface area contributed by atoms with Crippen LogP contribution >= 0.6 is 0 Å². The average molecular weight is 269 g/mol. The zero-order chi connectivity index (χ0) is 14.4. The number of carbonyl (C=O) groups excluding carboxylic acids is 1. The first-order chi connectivity index (χ1) is 9.01. The molecule has 0 aromatic rings. The van der Waals surface area contributed by atoms with Crippen LogP contribution in [0.2, 0.25) is 0 Å². The molecule has 0 saturated heterocycles. The summed E-state index contributed by atoms with van der Waals surface area (Å²) in [6, 6.07) is 0.253. The van der Waals surface area contributed by atoms with Gasteiger partial charge in [0.15, 0.2) is 0 Å². The van der Waals surface area contributed by atoms with Crippen molar-refractivity contribution < 1.29 is 14.7 Å². The number of hydrogen-bond donors (Lipinski definition) is 1. The second-order valence-corrected chi connectivity index (χ2v) is 5.69.